The normalized spacial score (nSPS) is 10.2. The summed E-state index contributed by atoms with van der Waals surface area (Å²) in [6.07, 6.45) is 0. The number of ether oxygens (including phenoxy) is 1. The van der Waals surface area contributed by atoms with Crippen LogP contribution >= 0.6 is 23.2 Å². The van der Waals surface area contributed by atoms with E-state index in [1.165, 1.54) is 12.1 Å². The number of carbonyl (C=O) groups is 2. The standard InChI is InChI=1S/C16H12Cl2N2O5/c1-25-16(22)11-4-10(5-13(6-11)20(23)24)15(21)19-8-9-2-3-12(17)7-14(9)18/h2-7H,8H2,1H3,(H,19,21). The number of nitro benzene ring substituents is 1. The van der Waals surface area contributed by atoms with Crippen molar-refractivity contribution >= 4 is 40.8 Å². The first kappa shape index (κ1) is 18.7. The second kappa shape index (κ2) is 7.96. The second-order valence-electron chi connectivity index (χ2n) is 4.94. The van der Waals surface area contributed by atoms with Gasteiger partial charge in [0.15, 0.2) is 0 Å². The third-order valence-electron chi connectivity index (χ3n) is 3.27. The van der Waals surface area contributed by atoms with Crippen LogP contribution in [0.4, 0.5) is 5.69 Å². The van der Waals surface area contributed by atoms with Gasteiger partial charge in [-0.2, -0.15) is 0 Å². The molecule has 0 aliphatic rings. The first-order valence-electron chi connectivity index (χ1n) is 6.91. The van der Waals surface area contributed by atoms with Gasteiger partial charge >= 0.3 is 5.97 Å². The molecule has 1 amide bonds. The number of rotatable bonds is 5. The fourth-order valence-corrected chi connectivity index (χ4v) is 2.50. The minimum Gasteiger partial charge on any atom is -0.465 e. The summed E-state index contributed by atoms with van der Waals surface area (Å²) in [5.41, 5.74) is 0.0988. The van der Waals surface area contributed by atoms with E-state index in [1.807, 2.05) is 0 Å². The Labute approximate surface area is 152 Å². The van der Waals surface area contributed by atoms with Crippen LogP contribution in [0, 0.1) is 10.1 Å². The molecule has 0 unspecified atom stereocenters. The largest absolute Gasteiger partial charge is 0.465 e. The van der Waals surface area contributed by atoms with Crippen molar-refractivity contribution < 1.29 is 19.2 Å². The third kappa shape index (κ3) is 4.68. The molecule has 0 spiro atoms. The maximum atomic E-state index is 12.3. The number of benzene rings is 2. The van der Waals surface area contributed by atoms with E-state index in [0.29, 0.717) is 15.6 Å². The van der Waals surface area contributed by atoms with Crippen molar-refractivity contribution in [1.29, 1.82) is 0 Å². The number of nitrogens with one attached hydrogen (secondary N) is 1. The molecular formula is C16H12Cl2N2O5. The van der Waals surface area contributed by atoms with Gasteiger partial charge in [-0.1, -0.05) is 29.3 Å². The minimum atomic E-state index is -0.779. The Morgan fingerprint density at radius 2 is 1.84 bits per heavy atom. The van der Waals surface area contributed by atoms with Gasteiger partial charge in [0.25, 0.3) is 11.6 Å². The SMILES string of the molecule is COC(=O)c1cc(C(=O)NCc2ccc(Cl)cc2Cl)cc([N+](=O)[O-])c1. The number of methoxy groups -OCH3 is 1. The Hall–Kier alpha value is -2.64. The Morgan fingerprint density at radius 1 is 1.16 bits per heavy atom. The van der Waals surface area contributed by atoms with Gasteiger partial charge in [0, 0.05) is 34.3 Å². The molecule has 7 nitrogen and oxygen atoms in total. The van der Waals surface area contributed by atoms with E-state index < -0.39 is 22.5 Å². The van der Waals surface area contributed by atoms with Gasteiger partial charge < -0.3 is 10.1 Å². The lowest BCUT2D eigenvalue weighted by Crippen LogP contribution is -2.23. The van der Waals surface area contributed by atoms with E-state index in [0.717, 1.165) is 19.2 Å². The van der Waals surface area contributed by atoms with Crippen molar-refractivity contribution in [3.63, 3.8) is 0 Å². The molecule has 0 fully saturated rings. The number of amides is 1. The lowest BCUT2D eigenvalue weighted by molar-refractivity contribution is -0.384. The highest BCUT2D eigenvalue weighted by Gasteiger charge is 2.18. The second-order valence-corrected chi connectivity index (χ2v) is 5.78. The van der Waals surface area contributed by atoms with Crippen molar-refractivity contribution in [2.75, 3.05) is 7.11 Å². The fraction of sp³-hybridized carbons (Fsp3) is 0.125. The van der Waals surface area contributed by atoms with Gasteiger partial charge in [-0.25, -0.2) is 4.79 Å². The van der Waals surface area contributed by atoms with Crippen molar-refractivity contribution in [2.24, 2.45) is 0 Å². The number of hydrogen-bond acceptors (Lipinski definition) is 5. The highest BCUT2D eigenvalue weighted by molar-refractivity contribution is 6.35. The van der Waals surface area contributed by atoms with Crippen molar-refractivity contribution in [1.82, 2.24) is 5.32 Å². The predicted octanol–water partition coefficient (Wildman–Crippen LogP) is 3.62. The lowest BCUT2D eigenvalue weighted by Gasteiger charge is -2.08. The molecule has 9 heteroatoms. The Kier molecular flexibility index (Phi) is 5.95. The molecule has 0 radical (unpaired) electrons. The van der Waals surface area contributed by atoms with Crippen LogP contribution in [0.15, 0.2) is 36.4 Å². The highest BCUT2D eigenvalue weighted by Crippen LogP contribution is 2.21. The molecule has 0 bridgehead atoms. The fourth-order valence-electron chi connectivity index (χ4n) is 2.03. The van der Waals surface area contributed by atoms with E-state index in [4.69, 9.17) is 23.2 Å². The first-order valence-corrected chi connectivity index (χ1v) is 7.67. The molecule has 0 saturated heterocycles. The molecule has 1 N–H and O–H groups in total. The summed E-state index contributed by atoms with van der Waals surface area (Å²) in [5.74, 6) is -1.38. The number of esters is 1. The number of carbonyl (C=O) groups excluding carboxylic acids is 2. The minimum absolute atomic E-state index is 0.0420. The van der Waals surface area contributed by atoms with E-state index >= 15 is 0 Å². The number of hydrogen-bond donors (Lipinski definition) is 1. The van der Waals surface area contributed by atoms with Crippen LogP contribution in [0.2, 0.25) is 10.0 Å². The van der Waals surface area contributed by atoms with E-state index in [1.54, 1.807) is 12.1 Å². The molecule has 2 rings (SSSR count). The molecular weight excluding hydrogens is 371 g/mol. The number of nitro groups is 1. The number of non-ortho nitro benzene ring substituents is 1. The quantitative estimate of drug-likeness (QED) is 0.483. The van der Waals surface area contributed by atoms with E-state index in [-0.39, 0.29) is 17.7 Å². The summed E-state index contributed by atoms with van der Waals surface area (Å²) in [4.78, 5) is 34.2. The van der Waals surface area contributed by atoms with Crippen LogP contribution in [0.25, 0.3) is 0 Å². The van der Waals surface area contributed by atoms with Crippen LogP contribution in [0.3, 0.4) is 0 Å². The highest BCUT2D eigenvalue weighted by atomic mass is 35.5. The van der Waals surface area contributed by atoms with Crippen LogP contribution in [-0.4, -0.2) is 23.9 Å². The van der Waals surface area contributed by atoms with Gasteiger partial charge in [-0.05, 0) is 23.8 Å². The number of nitrogens with zero attached hydrogens (tertiary/aromatic N) is 1. The van der Waals surface area contributed by atoms with Crippen LogP contribution < -0.4 is 5.32 Å². The zero-order chi connectivity index (χ0) is 18.6. The Morgan fingerprint density at radius 3 is 2.44 bits per heavy atom. The zero-order valence-corrected chi connectivity index (χ0v) is 14.4. The summed E-state index contributed by atoms with van der Waals surface area (Å²) in [5, 5.41) is 14.4. The van der Waals surface area contributed by atoms with Gasteiger partial charge in [0.1, 0.15) is 0 Å². The first-order chi connectivity index (χ1) is 11.8. The molecule has 0 aromatic heterocycles. The van der Waals surface area contributed by atoms with Crippen molar-refractivity contribution in [3.05, 3.63) is 73.2 Å². The smallest absolute Gasteiger partial charge is 0.338 e. The van der Waals surface area contributed by atoms with Crippen LogP contribution in [0.5, 0.6) is 0 Å². The van der Waals surface area contributed by atoms with E-state index in [2.05, 4.69) is 10.1 Å². The Balaban J connectivity index is 2.24. The lowest BCUT2D eigenvalue weighted by atomic mass is 10.1. The third-order valence-corrected chi connectivity index (χ3v) is 3.85. The predicted molar refractivity (Wildman–Crippen MR) is 92.1 cm³/mol. The molecule has 0 aliphatic carbocycles. The molecule has 0 saturated carbocycles. The molecule has 25 heavy (non-hydrogen) atoms. The molecule has 2 aromatic carbocycles. The topological polar surface area (TPSA) is 98.5 Å². The Bertz CT molecular complexity index is 854. The van der Waals surface area contributed by atoms with Gasteiger partial charge in [0.05, 0.1) is 17.6 Å². The molecule has 130 valence electrons. The van der Waals surface area contributed by atoms with Gasteiger partial charge in [-0.15, -0.1) is 0 Å². The average molecular weight is 383 g/mol. The van der Waals surface area contributed by atoms with Crippen LogP contribution in [0.1, 0.15) is 26.3 Å². The molecule has 0 aliphatic heterocycles. The van der Waals surface area contributed by atoms with Crippen molar-refractivity contribution in [2.45, 2.75) is 6.54 Å². The van der Waals surface area contributed by atoms with Gasteiger partial charge in [0.2, 0.25) is 0 Å². The summed E-state index contributed by atoms with van der Waals surface area (Å²) in [6.45, 7) is 0.0884. The maximum absolute atomic E-state index is 12.3. The number of halogens is 2. The summed E-state index contributed by atoms with van der Waals surface area (Å²) in [6, 6.07) is 8.14. The maximum Gasteiger partial charge on any atom is 0.338 e. The summed E-state index contributed by atoms with van der Waals surface area (Å²) >= 11 is 11.8. The summed E-state index contributed by atoms with van der Waals surface area (Å²) in [7, 11) is 1.14. The van der Waals surface area contributed by atoms with E-state index in [9.17, 15) is 19.7 Å². The zero-order valence-electron chi connectivity index (χ0n) is 12.9. The van der Waals surface area contributed by atoms with Crippen molar-refractivity contribution in [3.8, 4) is 0 Å². The van der Waals surface area contributed by atoms with Gasteiger partial charge in [-0.3, -0.25) is 14.9 Å². The van der Waals surface area contributed by atoms with Crippen LogP contribution in [-0.2, 0) is 11.3 Å². The molecule has 0 heterocycles. The monoisotopic (exact) mass is 382 g/mol. The molecule has 2 aromatic rings. The average Bonchev–Trinajstić information content (AvgIpc) is 2.59. The summed E-state index contributed by atoms with van der Waals surface area (Å²) < 4.78 is 4.54. The molecule has 0 atom stereocenters.